The molecule has 0 aliphatic rings. The van der Waals surface area contributed by atoms with Gasteiger partial charge in [-0.25, -0.2) is 9.78 Å². The second-order valence-electron chi connectivity index (χ2n) is 6.17. The van der Waals surface area contributed by atoms with Gasteiger partial charge in [-0.05, 0) is 32.9 Å². The van der Waals surface area contributed by atoms with Gasteiger partial charge in [0.15, 0.2) is 0 Å². The number of nitrogens with zero attached hydrogens (tertiary/aromatic N) is 2. The summed E-state index contributed by atoms with van der Waals surface area (Å²) in [6.45, 7) is 6.07. The van der Waals surface area contributed by atoms with E-state index in [2.05, 4.69) is 10.3 Å². The van der Waals surface area contributed by atoms with Crippen molar-refractivity contribution in [3.63, 3.8) is 0 Å². The van der Waals surface area contributed by atoms with E-state index in [0.717, 1.165) is 16.7 Å². The lowest BCUT2D eigenvalue weighted by molar-refractivity contribution is -0.144. The van der Waals surface area contributed by atoms with Crippen LogP contribution in [0.2, 0.25) is 0 Å². The summed E-state index contributed by atoms with van der Waals surface area (Å²) in [4.78, 5) is 16.3. The van der Waals surface area contributed by atoms with Crippen molar-refractivity contribution in [2.24, 2.45) is 7.05 Å². The van der Waals surface area contributed by atoms with E-state index in [1.54, 1.807) is 6.20 Å². The smallest absolute Gasteiger partial charge is 0.330 e. The molecule has 0 aliphatic carbocycles. The summed E-state index contributed by atoms with van der Waals surface area (Å²) in [6.07, 6.45) is 3.64. The molecule has 1 N–H and O–H groups in total. The molecule has 1 unspecified atom stereocenters. The molecule has 0 saturated heterocycles. The number of methoxy groups -OCH3 is 1. The lowest BCUT2D eigenvalue weighted by Crippen LogP contribution is -2.38. The van der Waals surface area contributed by atoms with Crippen LogP contribution in [0, 0.1) is 0 Å². The second-order valence-corrected chi connectivity index (χ2v) is 6.17. The van der Waals surface area contributed by atoms with E-state index in [4.69, 9.17) is 9.47 Å². The number of aromatic nitrogens is 2. The Bertz CT molecular complexity index is 658. The molecule has 2 aromatic heterocycles. The number of hydrogen-bond acceptors (Lipinski definition) is 5. The normalized spacial score (nSPS) is 13.1. The first-order valence-electron chi connectivity index (χ1n) is 7.20. The SMILES string of the molecule is COC(=O)C(COC(C)(C)C)Nc1ccnc2c1ccn2C. The fourth-order valence-corrected chi connectivity index (χ4v) is 2.12. The topological polar surface area (TPSA) is 65.4 Å². The summed E-state index contributed by atoms with van der Waals surface area (Å²) >= 11 is 0. The van der Waals surface area contributed by atoms with Crippen LogP contribution in [0.5, 0.6) is 0 Å². The number of rotatable bonds is 5. The predicted molar refractivity (Wildman–Crippen MR) is 85.8 cm³/mol. The van der Waals surface area contributed by atoms with Crippen LogP contribution >= 0.6 is 0 Å². The Balaban J connectivity index is 2.23. The van der Waals surface area contributed by atoms with Crippen LogP contribution in [-0.2, 0) is 21.3 Å². The van der Waals surface area contributed by atoms with Crippen LogP contribution in [0.1, 0.15) is 20.8 Å². The number of ether oxygens (including phenoxy) is 2. The van der Waals surface area contributed by atoms with E-state index in [-0.39, 0.29) is 18.2 Å². The minimum absolute atomic E-state index is 0.229. The summed E-state index contributed by atoms with van der Waals surface area (Å²) in [7, 11) is 3.30. The Hall–Kier alpha value is -2.08. The van der Waals surface area contributed by atoms with Crippen molar-refractivity contribution in [3.05, 3.63) is 24.5 Å². The van der Waals surface area contributed by atoms with Crippen LogP contribution in [0.3, 0.4) is 0 Å². The van der Waals surface area contributed by atoms with E-state index in [1.165, 1.54) is 7.11 Å². The maximum absolute atomic E-state index is 12.0. The summed E-state index contributed by atoms with van der Waals surface area (Å²) < 4.78 is 12.5. The summed E-state index contributed by atoms with van der Waals surface area (Å²) in [5.41, 5.74) is 1.36. The van der Waals surface area contributed by atoms with Crippen LogP contribution in [-0.4, -0.2) is 40.9 Å². The maximum atomic E-state index is 12.0. The van der Waals surface area contributed by atoms with Gasteiger partial charge in [-0.2, -0.15) is 0 Å². The average Bonchev–Trinajstić information content (AvgIpc) is 2.84. The molecule has 2 aromatic rings. The van der Waals surface area contributed by atoms with Crippen molar-refractivity contribution in [3.8, 4) is 0 Å². The quantitative estimate of drug-likeness (QED) is 0.859. The number of carbonyl (C=O) groups is 1. The number of esters is 1. The highest BCUT2D eigenvalue weighted by Crippen LogP contribution is 2.23. The van der Waals surface area contributed by atoms with Gasteiger partial charge < -0.3 is 19.4 Å². The Labute approximate surface area is 130 Å². The summed E-state index contributed by atoms with van der Waals surface area (Å²) in [6, 6.07) is 3.23. The van der Waals surface area contributed by atoms with Gasteiger partial charge in [0.05, 0.1) is 19.3 Å². The molecule has 22 heavy (non-hydrogen) atoms. The van der Waals surface area contributed by atoms with Gasteiger partial charge >= 0.3 is 5.97 Å². The molecule has 6 heteroatoms. The molecule has 2 rings (SSSR count). The highest BCUT2D eigenvalue weighted by molar-refractivity contribution is 5.91. The van der Waals surface area contributed by atoms with E-state index in [1.807, 2.05) is 50.7 Å². The zero-order valence-corrected chi connectivity index (χ0v) is 13.7. The van der Waals surface area contributed by atoms with Gasteiger partial charge in [0, 0.05) is 30.5 Å². The van der Waals surface area contributed by atoms with Crippen molar-refractivity contribution in [2.45, 2.75) is 32.4 Å². The zero-order valence-electron chi connectivity index (χ0n) is 13.7. The van der Waals surface area contributed by atoms with Crippen molar-refractivity contribution in [1.29, 1.82) is 0 Å². The first-order valence-corrected chi connectivity index (χ1v) is 7.20. The minimum atomic E-state index is -0.574. The fourth-order valence-electron chi connectivity index (χ4n) is 2.12. The fraction of sp³-hybridized carbons (Fsp3) is 0.500. The van der Waals surface area contributed by atoms with Crippen LogP contribution < -0.4 is 5.32 Å². The summed E-state index contributed by atoms with van der Waals surface area (Å²) in [5, 5.41) is 4.16. The van der Waals surface area contributed by atoms with E-state index >= 15 is 0 Å². The Morgan fingerprint density at radius 3 is 2.77 bits per heavy atom. The minimum Gasteiger partial charge on any atom is -0.467 e. The number of anilines is 1. The van der Waals surface area contributed by atoms with Crippen LogP contribution in [0.4, 0.5) is 5.69 Å². The molecule has 0 aromatic carbocycles. The molecule has 2 heterocycles. The largest absolute Gasteiger partial charge is 0.467 e. The van der Waals surface area contributed by atoms with E-state index < -0.39 is 6.04 Å². The highest BCUT2D eigenvalue weighted by Gasteiger charge is 2.23. The molecular formula is C16H23N3O3. The molecule has 0 saturated carbocycles. The van der Waals surface area contributed by atoms with Crippen molar-refractivity contribution < 1.29 is 14.3 Å². The number of pyridine rings is 1. The molecule has 0 radical (unpaired) electrons. The number of aryl methyl sites for hydroxylation is 1. The molecule has 0 aliphatic heterocycles. The van der Waals surface area contributed by atoms with Crippen molar-refractivity contribution in [2.75, 3.05) is 19.0 Å². The van der Waals surface area contributed by atoms with E-state index in [0.29, 0.717) is 0 Å². The number of fused-ring (bicyclic) bond motifs is 1. The molecule has 120 valence electrons. The van der Waals surface area contributed by atoms with Gasteiger partial charge in [0.25, 0.3) is 0 Å². The average molecular weight is 305 g/mol. The molecular weight excluding hydrogens is 282 g/mol. The van der Waals surface area contributed by atoms with E-state index in [9.17, 15) is 4.79 Å². The number of carbonyl (C=O) groups excluding carboxylic acids is 1. The van der Waals surface area contributed by atoms with Gasteiger partial charge in [0.1, 0.15) is 11.7 Å². The third-order valence-corrected chi connectivity index (χ3v) is 3.27. The summed E-state index contributed by atoms with van der Waals surface area (Å²) in [5.74, 6) is -0.356. The third-order valence-electron chi connectivity index (χ3n) is 3.27. The second kappa shape index (κ2) is 6.36. The molecule has 0 spiro atoms. The standard InChI is InChI=1S/C16H23N3O3/c1-16(2,3)22-10-13(15(20)21-5)18-12-6-8-17-14-11(12)7-9-19(14)4/h6-9,13H,10H2,1-5H3,(H,17,18). The Morgan fingerprint density at radius 1 is 1.41 bits per heavy atom. The molecule has 6 nitrogen and oxygen atoms in total. The molecule has 0 fully saturated rings. The zero-order chi connectivity index (χ0) is 16.3. The molecule has 1 atom stereocenters. The first-order chi connectivity index (χ1) is 10.3. The number of hydrogen-bond donors (Lipinski definition) is 1. The molecule has 0 bridgehead atoms. The highest BCUT2D eigenvalue weighted by atomic mass is 16.5. The molecule has 0 amide bonds. The monoisotopic (exact) mass is 305 g/mol. The first kappa shape index (κ1) is 16.3. The lowest BCUT2D eigenvalue weighted by Gasteiger charge is -2.24. The lowest BCUT2D eigenvalue weighted by atomic mass is 10.2. The van der Waals surface area contributed by atoms with Gasteiger partial charge in [-0.15, -0.1) is 0 Å². The Kier molecular flexibility index (Phi) is 4.71. The van der Waals surface area contributed by atoms with Crippen LogP contribution in [0.25, 0.3) is 11.0 Å². The predicted octanol–water partition coefficient (Wildman–Crippen LogP) is 2.34. The van der Waals surface area contributed by atoms with Crippen molar-refractivity contribution >= 4 is 22.7 Å². The third kappa shape index (κ3) is 3.76. The van der Waals surface area contributed by atoms with Gasteiger partial charge in [0.2, 0.25) is 0 Å². The maximum Gasteiger partial charge on any atom is 0.330 e. The van der Waals surface area contributed by atoms with Gasteiger partial charge in [-0.3, -0.25) is 0 Å². The number of nitrogens with one attached hydrogen (secondary N) is 1. The Morgan fingerprint density at radius 2 is 2.14 bits per heavy atom. The van der Waals surface area contributed by atoms with Crippen molar-refractivity contribution in [1.82, 2.24) is 9.55 Å². The van der Waals surface area contributed by atoms with Crippen LogP contribution in [0.15, 0.2) is 24.5 Å². The van der Waals surface area contributed by atoms with Gasteiger partial charge in [-0.1, -0.05) is 0 Å².